The topological polar surface area (TPSA) is 124 Å². The van der Waals surface area contributed by atoms with Gasteiger partial charge in [0.1, 0.15) is 11.3 Å². The van der Waals surface area contributed by atoms with Crippen LogP contribution in [-0.2, 0) is 20.6 Å². The molecule has 0 aliphatic carbocycles. The van der Waals surface area contributed by atoms with Crippen LogP contribution in [0.2, 0.25) is 0 Å². The molecule has 0 atom stereocenters. The molecule has 4 rings (SSSR count). The average molecular weight is 407 g/mol. The van der Waals surface area contributed by atoms with Gasteiger partial charge in [-0.3, -0.25) is 19.0 Å². The number of amides is 2. The normalized spacial score (nSPS) is 11.1. The lowest BCUT2D eigenvalue weighted by Crippen LogP contribution is -2.26. The molecule has 0 saturated heterocycles. The summed E-state index contributed by atoms with van der Waals surface area (Å²) in [6.07, 6.45) is 6.39. The second-order valence-electron chi connectivity index (χ2n) is 7.02. The molecule has 30 heavy (non-hydrogen) atoms. The number of hydrogen-bond donors (Lipinski definition) is 2. The van der Waals surface area contributed by atoms with E-state index in [-0.39, 0.29) is 11.6 Å². The van der Waals surface area contributed by atoms with Crippen LogP contribution in [0.4, 0.5) is 5.69 Å². The fourth-order valence-electron chi connectivity index (χ4n) is 3.25. The van der Waals surface area contributed by atoms with E-state index < -0.39 is 5.91 Å². The molecule has 11 nitrogen and oxygen atoms in total. The molecular weight excluding hydrogens is 386 g/mol. The lowest BCUT2D eigenvalue weighted by atomic mass is 10.2. The van der Waals surface area contributed by atoms with Gasteiger partial charge >= 0.3 is 0 Å². The first kappa shape index (κ1) is 19.3. The number of hydrogen-bond acceptors (Lipinski definition) is 6. The molecular formula is C19H21N9O2. The van der Waals surface area contributed by atoms with Crippen LogP contribution in [0.25, 0.3) is 5.65 Å². The number of fused-ring (bicyclic) bond motifs is 1. The van der Waals surface area contributed by atoms with E-state index in [0.29, 0.717) is 23.4 Å². The predicted molar refractivity (Wildman–Crippen MR) is 108 cm³/mol. The zero-order valence-electron chi connectivity index (χ0n) is 17.0. The molecule has 2 N–H and O–H groups in total. The molecule has 0 aromatic carbocycles. The highest BCUT2D eigenvalue weighted by Gasteiger charge is 2.21. The maximum atomic E-state index is 12.9. The zero-order chi connectivity index (χ0) is 21.4. The van der Waals surface area contributed by atoms with Crippen molar-refractivity contribution in [3.8, 4) is 0 Å². The molecule has 4 aromatic rings. The Hall–Kier alpha value is -4.02. The van der Waals surface area contributed by atoms with E-state index in [1.54, 1.807) is 29.5 Å². The van der Waals surface area contributed by atoms with Gasteiger partial charge in [-0.05, 0) is 19.9 Å². The third-order valence-electron chi connectivity index (χ3n) is 4.64. The fourth-order valence-corrected chi connectivity index (χ4v) is 3.25. The summed E-state index contributed by atoms with van der Waals surface area (Å²) in [7, 11) is 3.44. The van der Waals surface area contributed by atoms with Gasteiger partial charge in [0.2, 0.25) is 0 Å². The highest BCUT2D eigenvalue weighted by molar-refractivity contribution is 6.10. The Morgan fingerprint density at radius 2 is 1.83 bits per heavy atom. The lowest BCUT2D eigenvalue weighted by Gasteiger charge is -2.08. The highest BCUT2D eigenvalue weighted by Crippen LogP contribution is 2.18. The van der Waals surface area contributed by atoms with Gasteiger partial charge in [0.15, 0.2) is 5.65 Å². The van der Waals surface area contributed by atoms with Crippen molar-refractivity contribution in [2.75, 3.05) is 5.32 Å². The molecule has 0 fully saturated rings. The van der Waals surface area contributed by atoms with Gasteiger partial charge in [-0.25, -0.2) is 9.50 Å². The van der Waals surface area contributed by atoms with Crippen LogP contribution in [0.1, 0.15) is 37.8 Å². The number of nitrogens with zero attached hydrogens (tertiary/aromatic N) is 7. The average Bonchev–Trinajstić information content (AvgIpc) is 3.39. The van der Waals surface area contributed by atoms with Crippen molar-refractivity contribution in [1.82, 2.24) is 39.5 Å². The smallest absolute Gasteiger partial charge is 0.271 e. The molecule has 11 heteroatoms. The van der Waals surface area contributed by atoms with Crippen LogP contribution < -0.4 is 10.6 Å². The molecule has 2 amide bonds. The zero-order valence-corrected chi connectivity index (χ0v) is 17.0. The largest absolute Gasteiger partial charge is 0.346 e. The Labute approximate surface area is 171 Å². The van der Waals surface area contributed by atoms with Crippen LogP contribution in [0.15, 0.2) is 30.9 Å². The van der Waals surface area contributed by atoms with Gasteiger partial charge in [-0.2, -0.15) is 15.3 Å². The quantitative estimate of drug-likeness (QED) is 0.509. The SMILES string of the molecule is Cc1cc(C)n2ncc(C(=O)Nc3cnn(C)c3C(=O)NCc3cnn(C)c3)c2n1. The van der Waals surface area contributed by atoms with Crippen molar-refractivity contribution in [2.24, 2.45) is 14.1 Å². The first-order valence-corrected chi connectivity index (χ1v) is 9.24. The molecule has 4 aromatic heterocycles. The van der Waals surface area contributed by atoms with Crippen LogP contribution in [0.5, 0.6) is 0 Å². The van der Waals surface area contributed by atoms with E-state index in [1.165, 1.54) is 17.1 Å². The third kappa shape index (κ3) is 3.52. The lowest BCUT2D eigenvalue weighted by molar-refractivity contribution is 0.0942. The van der Waals surface area contributed by atoms with Crippen molar-refractivity contribution in [3.05, 3.63) is 59.1 Å². The minimum absolute atomic E-state index is 0.240. The minimum Gasteiger partial charge on any atom is -0.346 e. The Morgan fingerprint density at radius 3 is 2.57 bits per heavy atom. The number of aryl methyl sites for hydroxylation is 4. The molecule has 0 radical (unpaired) electrons. The molecule has 0 saturated carbocycles. The molecule has 0 aliphatic rings. The maximum Gasteiger partial charge on any atom is 0.271 e. The molecule has 4 heterocycles. The second kappa shape index (κ2) is 7.43. The number of nitrogens with one attached hydrogen (secondary N) is 2. The standard InChI is InChI=1S/C19H21N9O2/c1-11-5-12(2)28-17(24-11)14(8-23-28)18(29)25-15-9-22-27(4)16(15)19(30)20-6-13-7-21-26(3)10-13/h5,7-10H,6H2,1-4H3,(H,20,30)(H,25,29). The van der Waals surface area contributed by atoms with E-state index >= 15 is 0 Å². The number of carbonyl (C=O) groups excluding carboxylic acids is 2. The summed E-state index contributed by atoms with van der Waals surface area (Å²) >= 11 is 0. The summed E-state index contributed by atoms with van der Waals surface area (Å²) in [5, 5.41) is 18.0. The van der Waals surface area contributed by atoms with Crippen LogP contribution in [0, 0.1) is 13.8 Å². The second-order valence-corrected chi connectivity index (χ2v) is 7.02. The Balaban J connectivity index is 1.56. The first-order chi connectivity index (χ1) is 14.3. The third-order valence-corrected chi connectivity index (χ3v) is 4.64. The van der Waals surface area contributed by atoms with E-state index in [0.717, 1.165) is 17.0 Å². The van der Waals surface area contributed by atoms with Gasteiger partial charge in [0, 0.05) is 43.8 Å². The van der Waals surface area contributed by atoms with Crippen molar-refractivity contribution in [3.63, 3.8) is 0 Å². The van der Waals surface area contributed by atoms with Crippen molar-refractivity contribution >= 4 is 23.1 Å². The Bertz CT molecular complexity index is 1260. The molecule has 0 unspecified atom stereocenters. The van der Waals surface area contributed by atoms with E-state index in [9.17, 15) is 9.59 Å². The van der Waals surface area contributed by atoms with Crippen molar-refractivity contribution in [2.45, 2.75) is 20.4 Å². The van der Waals surface area contributed by atoms with Crippen LogP contribution in [0.3, 0.4) is 0 Å². The molecule has 0 bridgehead atoms. The monoisotopic (exact) mass is 407 g/mol. The van der Waals surface area contributed by atoms with Crippen molar-refractivity contribution in [1.29, 1.82) is 0 Å². The number of anilines is 1. The summed E-state index contributed by atoms with van der Waals surface area (Å²) in [5.41, 5.74) is 3.82. The van der Waals surface area contributed by atoms with Gasteiger partial charge in [0.25, 0.3) is 11.8 Å². The molecule has 0 spiro atoms. The number of aromatic nitrogens is 7. The first-order valence-electron chi connectivity index (χ1n) is 9.24. The summed E-state index contributed by atoms with van der Waals surface area (Å²) in [5.74, 6) is -0.782. The summed E-state index contributed by atoms with van der Waals surface area (Å²) in [4.78, 5) is 30.0. The predicted octanol–water partition coefficient (Wildman–Crippen LogP) is 0.995. The van der Waals surface area contributed by atoms with Crippen molar-refractivity contribution < 1.29 is 9.59 Å². The van der Waals surface area contributed by atoms with Gasteiger partial charge in [0.05, 0.1) is 24.3 Å². The Morgan fingerprint density at radius 1 is 1.03 bits per heavy atom. The summed E-state index contributed by atoms with van der Waals surface area (Å²) < 4.78 is 4.68. The van der Waals surface area contributed by atoms with E-state index in [4.69, 9.17) is 0 Å². The Kier molecular flexibility index (Phi) is 4.78. The number of rotatable bonds is 5. The van der Waals surface area contributed by atoms with Crippen LogP contribution >= 0.6 is 0 Å². The summed E-state index contributed by atoms with van der Waals surface area (Å²) in [6, 6.07) is 1.88. The van der Waals surface area contributed by atoms with Gasteiger partial charge < -0.3 is 10.6 Å². The highest BCUT2D eigenvalue weighted by atomic mass is 16.2. The van der Waals surface area contributed by atoms with E-state index in [1.807, 2.05) is 26.1 Å². The van der Waals surface area contributed by atoms with Gasteiger partial charge in [-0.15, -0.1) is 0 Å². The molecule has 154 valence electrons. The maximum absolute atomic E-state index is 12.9. The summed E-state index contributed by atoms with van der Waals surface area (Å²) in [6.45, 7) is 4.05. The van der Waals surface area contributed by atoms with E-state index in [2.05, 4.69) is 30.9 Å². The minimum atomic E-state index is -0.420. The van der Waals surface area contributed by atoms with Gasteiger partial charge in [-0.1, -0.05) is 0 Å². The fraction of sp³-hybridized carbons (Fsp3) is 0.263. The molecule has 0 aliphatic heterocycles. The van der Waals surface area contributed by atoms with Crippen LogP contribution in [-0.4, -0.2) is 46.0 Å². The number of carbonyl (C=O) groups is 2.